The van der Waals surface area contributed by atoms with Crippen molar-refractivity contribution in [3.05, 3.63) is 34.9 Å². The first-order chi connectivity index (χ1) is 9.52. The summed E-state index contributed by atoms with van der Waals surface area (Å²) in [6, 6.07) is 6.92. The zero-order chi connectivity index (χ0) is 14.4. The van der Waals surface area contributed by atoms with E-state index in [1.54, 1.807) is 0 Å². The Hall–Kier alpha value is -1.35. The van der Waals surface area contributed by atoms with Crippen molar-refractivity contribution in [2.75, 3.05) is 0 Å². The summed E-state index contributed by atoms with van der Waals surface area (Å²) in [6.45, 7) is 8.56. The first-order valence-electron chi connectivity index (χ1n) is 7.68. The van der Waals surface area contributed by atoms with Crippen LogP contribution in [0.1, 0.15) is 49.5 Å². The van der Waals surface area contributed by atoms with Crippen LogP contribution >= 0.6 is 0 Å². The maximum absolute atomic E-state index is 12.6. The van der Waals surface area contributed by atoms with Crippen LogP contribution < -0.4 is 5.32 Å². The highest BCUT2D eigenvalue weighted by molar-refractivity contribution is 5.85. The second-order valence-corrected chi connectivity index (χ2v) is 6.42. The van der Waals surface area contributed by atoms with Crippen molar-refractivity contribution in [1.29, 1.82) is 0 Å². The minimum absolute atomic E-state index is 0.0206. The van der Waals surface area contributed by atoms with E-state index in [4.69, 9.17) is 0 Å². The number of benzene rings is 1. The van der Waals surface area contributed by atoms with E-state index in [1.807, 2.05) is 0 Å². The van der Waals surface area contributed by atoms with Gasteiger partial charge in [-0.2, -0.15) is 0 Å². The highest BCUT2D eigenvalue weighted by Crippen LogP contribution is 2.42. The molecule has 3 rings (SSSR count). The second kappa shape index (κ2) is 4.88. The van der Waals surface area contributed by atoms with Gasteiger partial charge in [0.1, 0.15) is 6.17 Å². The van der Waals surface area contributed by atoms with Crippen molar-refractivity contribution in [3.63, 3.8) is 0 Å². The minimum Gasteiger partial charge on any atom is -0.318 e. The number of hydrogen-bond acceptors (Lipinski definition) is 2. The molecule has 1 saturated heterocycles. The first-order valence-corrected chi connectivity index (χ1v) is 7.68. The van der Waals surface area contributed by atoms with Crippen LogP contribution in [0.3, 0.4) is 0 Å². The molecule has 1 N–H and O–H groups in total. The highest BCUT2D eigenvalue weighted by atomic mass is 16.2. The van der Waals surface area contributed by atoms with Crippen molar-refractivity contribution in [2.45, 2.75) is 58.8 Å². The molecule has 0 radical (unpaired) electrons. The molecule has 3 nitrogen and oxygen atoms in total. The molecule has 108 valence electrons. The third-order valence-electron chi connectivity index (χ3n) is 4.75. The lowest BCUT2D eigenvalue weighted by molar-refractivity contribution is -0.130. The fourth-order valence-electron chi connectivity index (χ4n) is 3.28. The van der Waals surface area contributed by atoms with Crippen LogP contribution in [0.2, 0.25) is 0 Å². The number of carbonyl (C=O) groups is 1. The van der Waals surface area contributed by atoms with E-state index in [1.165, 1.54) is 16.7 Å². The Labute approximate surface area is 121 Å². The summed E-state index contributed by atoms with van der Waals surface area (Å²) in [6.07, 6.45) is 2.06. The lowest BCUT2D eigenvalue weighted by Gasteiger charge is -2.26. The van der Waals surface area contributed by atoms with E-state index in [0.717, 1.165) is 12.8 Å². The van der Waals surface area contributed by atoms with Gasteiger partial charge in [-0.1, -0.05) is 37.6 Å². The molecule has 1 saturated carbocycles. The Morgan fingerprint density at radius 1 is 1.35 bits per heavy atom. The van der Waals surface area contributed by atoms with Crippen molar-refractivity contribution in [1.82, 2.24) is 10.2 Å². The summed E-state index contributed by atoms with van der Waals surface area (Å²) in [7, 11) is 0. The molecule has 1 aromatic rings. The number of amides is 1. The van der Waals surface area contributed by atoms with Gasteiger partial charge >= 0.3 is 0 Å². The topological polar surface area (TPSA) is 32.3 Å². The van der Waals surface area contributed by atoms with Crippen molar-refractivity contribution in [2.24, 2.45) is 5.92 Å². The Bertz CT molecular complexity index is 540. The van der Waals surface area contributed by atoms with Crippen LogP contribution in [0.15, 0.2) is 18.2 Å². The minimum atomic E-state index is -0.0206. The van der Waals surface area contributed by atoms with Gasteiger partial charge in [-0.05, 0) is 43.7 Å². The molecular formula is C17H24N2O. The number of hydrogen-bond donors (Lipinski definition) is 1. The Morgan fingerprint density at radius 2 is 2.05 bits per heavy atom. The fraction of sp³-hybridized carbons (Fsp3) is 0.588. The number of rotatable bonds is 3. The lowest BCUT2D eigenvalue weighted by Crippen LogP contribution is -2.34. The molecule has 3 heteroatoms. The third kappa shape index (κ3) is 2.14. The monoisotopic (exact) mass is 272 g/mol. The van der Waals surface area contributed by atoms with Crippen molar-refractivity contribution < 1.29 is 4.79 Å². The number of nitrogens with zero attached hydrogens (tertiary/aromatic N) is 1. The standard InChI is InChI=1S/C17H24N2O/c1-5-14-17(20)19(15-9-12(15)4)16(18-14)13-8-10(2)6-7-11(13)3/h6-8,12,14-16,18H,5,9H2,1-4H3. The van der Waals surface area contributed by atoms with Crippen molar-refractivity contribution in [3.8, 4) is 0 Å². The molecule has 1 heterocycles. The summed E-state index contributed by atoms with van der Waals surface area (Å²) < 4.78 is 0. The molecule has 1 aliphatic heterocycles. The largest absolute Gasteiger partial charge is 0.318 e. The van der Waals surface area contributed by atoms with Crippen LogP contribution in [0, 0.1) is 19.8 Å². The predicted molar refractivity (Wildman–Crippen MR) is 80.3 cm³/mol. The Kier molecular flexibility index (Phi) is 3.33. The summed E-state index contributed by atoms with van der Waals surface area (Å²) in [5, 5.41) is 3.54. The normalized spacial score (nSPS) is 32.8. The molecule has 0 aromatic heterocycles. The van der Waals surface area contributed by atoms with E-state index in [0.29, 0.717) is 12.0 Å². The third-order valence-corrected chi connectivity index (χ3v) is 4.75. The average molecular weight is 272 g/mol. The van der Waals surface area contributed by atoms with E-state index in [2.05, 4.69) is 56.1 Å². The second-order valence-electron chi connectivity index (χ2n) is 6.42. The summed E-state index contributed by atoms with van der Waals surface area (Å²) >= 11 is 0. The van der Waals surface area contributed by atoms with Gasteiger partial charge in [-0.25, -0.2) is 0 Å². The van der Waals surface area contributed by atoms with Gasteiger partial charge in [0, 0.05) is 6.04 Å². The van der Waals surface area contributed by atoms with Gasteiger partial charge in [-0.15, -0.1) is 0 Å². The van der Waals surface area contributed by atoms with Crippen LogP contribution in [-0.4, -0.2) is 22.9 Å². The SMILES string of the molecule is CCC1NC(c2cc(C)ccc2C)N(C2CC2C)C1=O. The molecule has 1 aliphatic carbocycles. The maximum Gasteiger partial charge on any atom is 0.241 e. The van der Waals surface area contributed by atoms with Gasteiger partial charge in [0.05, 0.1) is 6.04 Å². The number of carbonyl (C=O) groups excluding carboxylic acids is 1. The molecule has 20 heavy (non-hydrogen) atoms. The highest BCUT2D eigenvalue weighted by Gasteiger charge is 2.49. The molecule has 4 unspecified atom stereocenters. The van der Waals surface area contributed by atoms with Gasteiger partial charge in [0.15, 0.2) is 0 Å². The molecular weight excluding hydrogens is 248 g/mol. The number of aryl methyl sites for hydroxylation is 2. The quantitative estimate of drug-likeness (QED) is 0.917. The van der Waals surface area contributed by atoms with Crippen LogP contribution in [0.4, 0.5) is 0 Å². The van der Waals surface area contributed by atoms with Gasteiger partial charge in [0.25, 0.3) is 0 Å². The molecule has 2 aliphatic rings. The lowest BCUT2D eigenvalue weighted by atomic mass is 10.0. The van der Waals surface area contributed by atoms with E-state index in [9.17, 15) is 4.79 Å². The van der Waals surface area contributed by atoms with Gasteiger partial charge < -0.3 is 4.90 Å². The van der Waals surface area contributed by atoms with Gasteiger partial charge in [0.2, 0.25) is 5.91 Å². The van der Waals surface area contributed by atoms with E-state index in [-0.39, 0.29) is 18.1 Å². The zero-order valence-corrected chi connectivity index (χ0v) is 12.8. The Balaban J connectivity index is 1.97. The number of nitrogens with one attached hydrogen (secondary N) is 1. The molecule has 4 atom stereocenters. The zero-order valence-electron chi connectivity index (χ0n) is 12.8. The van der Waals surface area contributed by atoms with E-state index < -0.39 is 0 Å². The van der Waals surface area contributed by atoms with Gasteiger partial charge in [-0.3, -0.25) is 10.1 Å². The first kappa shape index (κ1) is 13.6. The maximum atomic E-state index is 12.6. The molecule has 2 fully saturated rings. The predicted octanol–water partition coefficient (Wildman–Crippen LogP) is 2.92. The smallest absolute Gasteiger partial charge is 0.241 e. The average Bonchev–Trinajstić information content (AvgIpc) is 3.03. The summed E-state index contributed by atoms with van der Waals surface area (Å²) in [5.74, 6) is 0.928. The summed E-state index contributed by atoms with van der Waals surface area (Å²) in [4.78, 5) is 14.7. The van der Waals surface area contributed by atoms with E-state index >= 15 is 0 Å². The van der Waals surface area contributed by atoms with Crippen LogP contribution in [-0.2, 0) is 4.79 Å². The van der Waals surface area contributed by atoms with Crippen LogP contribution in [0.25, 0.3) is 0 Å². The molecule has 1 amide bonds. The summed E-state index contributed by atoms with van der Waals surface area (Å²) in [5.41, 5.74) is 3.77. The van der Waals surface area contributed by atoms with Crippen molar-refractivity contribution >= 4 is 5.91 Å². The molecule has 0 bridgehead atoms. The Morgan fingerprint density at radius 3 is 2.65 bits per heavy atom. The molecule has 1 aromatic carbocycles. The molecule has 0 spiro atoms. The van der Waals surface area contributed by atoms with Crippen LogP contribution in [0.5, 0.6) is 0 Å². The fourth-order valence-corrected chi connectivity index (χ4v) is 3.28.